The molecule has 0 spiro atoms. The average molecular weight is 311 g/mol. The Labute approximate surface area is 113 Å². The summed E-state index contributed by atoms with van der Waals surface area (Å²) in [5.74, 6) is -0.291. The van der Waals surface area contributed by atoms with Gasteiger partial charge >= 0.3 is 0 Å². The van der Waals surface area contributed by atoms with Crippen molar-refractivity contribution in [2.75, 3.05) is 5.73 Å². The molecule has 0 amide bonds. The molecule has 0 aliphatic carbocycles. The van der Waals surface area contributed by atoms with E-state index >= 15 is 0 Å². The van der Waals surface area contributed by atoms with Crippen molar-refractivity contribution in [3.8, 4) is 0 Å². The minimum Gasteiger partial charge on any atom is -0.383 e. The summed E-state index contributed by atoms with van der Waals surface area (Å²) in [6, 6.07) is 6.23. The van der Waals surface area contributed by atoms with Gasteiger partial charge in [-0.25, -0.2) is 9.37 Å². The first-order valence-corrected chi connectivity index (χ1v) is 6.14. The van der Waals surface area contributed by atoms with Crippen molar-refractivity contribution in [1.82, 2.24) is 4.98 Å². The number of halogens is 2. The molecule has 0 bridgehead atoms. The van der Waals surface area contributed by atoms with Gasteiger partial charge in [0.2, 0.25) is 0 Å². The van der Waals surface area contributed by atoms with Gasteiger partial charge in [0.25, 0.3) is 0 Å². The summed E-state index contributed by atoms with van der Waals surface area (Å²) in [7, 11) is 0. The normalized spacial score (nSPS) is 12.4. The first-order chi connectivity index (χ1) is 8.50. The lowest BCUT2D eigenvalue weighted by atomic mass is 10.0. The number of nitrogen functional groups attached to an aromatic ring is 1. The van der Waals surface area contributed by atoms with Gasteiger partial charge in [-0.2, -0.15) is 0 Å². The fourth-order valence-electron chi connectivity index (χ4n) is 1.75. The number of hydrogen-bond acceptors (Lipinski definition) is 3. The Kier molecular flexibility index (Phi) is 3.63. The van der Waals surface area contributed by atoms with Crippen LogP contribution in [0.15, 0.2) is 34.9 Å². The fraction of sp³-hybridized carbons (Fsp3) is 0.154. The number of aromatic nitrogens is 1. The molecule has 2 rings (SSSR count). The SMILES string of the molecule is Cc1cnc(N)c(C(O)c2c(F)cccc2Br)c1. The van der Waals surface area contributed by atoms with Gasteiger partial charge in [0.15, 0.2) is 0 Å². The van der Waals surface area contributed by atoms with Gasteiger partial charge in [0.1, 0.15) is 17.7 Å². The lowest BCUT2D eigenvalue weighted by molar-refractivity contribution is 0.214. The largest absolute Gasteiger partial charge is 0.383 e. The number of rotatable bonds is 2. The molecule has 1 unspecified atom stereocenters. The molecule has 3 nitrogen and oxygen atoms in total. The third-order valence-electron chi connectivity index (χ3n) is 2.65. The number of aryl methyl sites for hydroxylation is 1. The highest BCUT2D eigenvalue weighted by molar-refractivity contribution is 9.10. The minimum absolute atomic E-state index is 0.164. The van der Waals surface area contributed by atoms with Gasteiger partial charge in [-0.3, -0.25) is 0 Å². The zero-order chi connectivity index (χ0) is 13.3. The Hall–Kier alpha value is -1.46. The second-order valence-corrected chi connectivity index (χ2v) is 4.88. The molecule has 5 heteroatoms. The van der Waals surface area contributed by atoms with Crippen LogP contribution in [0.2, 0.25) is 0 Å². The number of anilines is 1. The van der Waals surface area contributed by atoms with Crippen molar-refractivity contribution in [3.05, 3.63) is 57.4 Å². The molecule has 2 aromatic rings. The topological polar surface area (TPSA) is 59.1 Å². The Morgan fingerprint density at radius 3 is 2.83 bits per heavy atom. The van der Waals surface area contributed by atoms with E-state index in [-0.39, 0.29) is 11.4 Å². The number of nitrogens with zero attached hydrogens (tertiary/aromatic N) is 1. The summed E-state index contributed by atoms with van der Waals surface area (Å²) in [5, 5.41) is 10.3. The van der Waals surface area contributed by atoms with E-state index in [1.807, 2.05) is 6.92 Å². The van der Waals surface area contributed by atoms with E-state index in [0.29, 0.717) is 10.0 Å². The minimum atomic E-state index is -1.15. The number of hydrogen-bond donors (Lipinski definition) is 2. The van der Waals surface area contributed by atoms with Gasteiger partial charge in [0.05, 0.1) is 0 Å². The van der Waals surface area contributed by atoms with Crippen molar-refractivity contribution >= 4 is 21.7 Å². The first kappa shape index (κ1) is 13.0. The molecule has 1 heterocycles. The Balaban J connectivity index is 2.54. The molecular formula is C13H12BrFN2O. The van der Waals surface area contributed by atoms with Crippen molar-refractivity contribution in [3.63, 3.8) is 0 Å². The van der Waals surface area contributed by atoms with Crippen molar-refractivity contribution in [1.29, 1.82) is 0 Å². The van der Waals surface area contributed by atoms with Crippen LogP contribution in [-0.4, -0.2) is 10.1 Å². The summed E-state index contributed by atoms with van der Waals surface area (Å²) < 4.78 is 14.3. The maximum Gasteiger partial charge on any atom is 0.130 e. The standard InChI is InChI=1S/C13H12BrFN2O/c1-7-5-8(13(16)17-6-7)12(18)11-9(14)3-2-4-10(11)15/h2-6,12,18H,1H3,(H2,16,17). The molecule has 94 valence electrons. The van der Waals surface area contributed by atoms with Gasteiger partial charge < -0.3 is 10.8 Å². The van der Waals surface area contributed by atoms with Crippen LogP contribution in [0.3, 0.4) is 0 Å². The lowest BCUT2D eigenvalue weighted by Crippen LogP contribution is -2.08. The second kappa shape index (κ2) is 5.04. The van der Waals surface area contributed by atoms with E-state index in [0.717, 1.165) is 5.56 Å². The van der Waals surface area contributed by atoms with E-state index in [4.69, 9.17) is 5.73 Å². The molecule has 0 fully saturated rings. The van der Waals surface area contributed by atoms with Crippen molar-refractivity contribution in [2.24, 2.45) is 0 Å². The molecule has 1 aromatic heterocycles. The van der Waals surface area contributed by atoms with Crippen molar-refractivity contribution < 1.29 is 9.50 Å². The van der Waals surface area contributed by atoms with Gasteiger partial charge in [0, 0.05) is 21.8 Å². The summed E-state index contributed by atoms with van der Waals surface area (Å²) in [6.07, 6.45) is 0.454. The Morgan fingerprint density at radius 2 is 2.17 bits per heavy atom. The smallest absolute Gasteiger partial charge is 0.130 e. The van der Waals surface area contributed by atoms with Gasteiger partial charge in [-0.1, -0.05) is 22.0 Å². The van der Waals surface area contributed by atoms with Crippen LogP contribution in [0.1, 0.15) is 22.8 Å². The van der Waals surface area contributed by atoms with E-state index in [1.54, 1.807) is 24.4 Å². The van der Waals surface area contributed by atoms with Crippen LogP contribution >= 0.6 is 15.9 Å². The van der Waals surface area contributed by atoms with Gasteiger partial charge in [-0.15, -0.1) is 0 Å². The number of benzene rings is 1. The van der Waals surface area contributed by atoms with Crippen LogP contribution in [0.25, 0.3) is 0 Å². The molecule has 0 saturated heterocycles. The second-order valence-electron chi connectivity index (χ2n) is 4.03. The van der Waals surface area contributed by atoms with Crippen LogP contribution in [0.4, 0.5) is 10.2 Å². The van der Waals surface area contributed by atoms with E-state index in [9.17, 15) is 9.50 Å². The molecule has 18 heavy (non-hydrogen) atoms. The Bertz CT molecular complexity index is 569. The Morgan fingerprint density at radius 1 is 1.44 bits per heavy atom. The van der Waals surface area contributed by atoms with Crippen LogP contribution < -0.4 is 5.73 Å². The number of aliphatic hydroxyl groups is 1. The number of pyridine rings is 1. The maximum atomic E-state index is 13.8. The number of aliphatic hydroxyl groups excluding tert-OH is 1. The quantitative estimate of drug-likeness (QED) is 0.896. The molecule has 0 saturated carbocycles. The highest BCUT2D eigenvalue weighted by Crippen LogP contribution is 2.32. The summed E-state index contributed by atoms with van der Waals surface area (Å²) in [4.78, 5) is 3.96. The summed E-state index contributed by atoms with van der Waals surface area (Å²) in [5.41, 5.74) is 7.14. The molecule has 1 atom stereocenters. The van der Waals surface area contributed by atoms with Crippen LogP contribution in [-0.2, 0) is 0 Å². The predicted molar refractivity (Wildman–Crippen MR) is 71.5 cm³/mol. The molecule has 0 aliphatic rings. The third kappa shape index (κ3) is 2.37. The average Bonchev–Trinajstić information content (AvgIpc) is 2.32. The third-order valence-corrected chi connectivity index (χ3v) is 3.35. The summed E-state index contributed by atoms with van der Waals surface area (Å²) >= 11 is 3.23. The van der Waals surface area contributed by atoms with Gasteiger partial charge in [-0.05, 0) is 30.7 Å². The highest BCUT2D eigenvalue weighted by Gasteiger charge is 2.20. The highest BCUT2D eigenvalue weighted by atomic mass is 79.9. The summed E-state index contributed by atoms with van der Waals surface area (Å²) in [6.45, 7) is 1.83. The molecular weight excluding hydrogens is 299 g/mol. The van der Waals surface area contributed by atoms with Crippen molar-refractivity contribution in [2.45, 2.75) is 13.0 Å². The first-order valence-electron chi connectivity index (χ1n) is 5.34. The molecule has 0 radical (unpaired) electrons. The van der Waals surface area contributed by atoms with E-state index in [2.05, 4.69) is 20.9 Å². The fourth-order valence-corrected chi connectivity index (χ4v) is 2.31. The molecule has 3 N–H and O–H groups in total. The van der Waals surface area contributed by atoms with Crippen LogP contribution in [0.5, 0.6) is 0 Å². The maximum absolute atomic E-state index is 13.8. The number of nitrogens with two attached hydrogens (primary N) is 1. The monoisotopic (exact) mass is 310 g/mol. The lowest BCUT2D eigenvalue weighted by Gasteiger charge is -2.16. The molecule has 0 aliphatic heterocycles. The predicted octanol–water partition coefficient (Wildman–Crippen LogP) is 2.96. The molecule has 1 aromatic carbocycles. The van der Waals surface area contributed by atoms with E-state index in [1.165, 1.54) is 6.07 Å². The van der Waals surface area contributed by atoms with Crippen LogP contribution in [0, 0.1) is 12.7 Å². The van der Waals surface area contributed by atoms with E-state index < -0.39 is 11.9 Å². The zero-order valence-corrected chi connectivity index (χ0v) is 11.3. The zero-order valence-electron chi connectivity index (χ0n) is 9.69.